The van der Waals surface area contributed by atoms with Crippen LogP contribution >= 0.6 is 27.7 Å². The summed E-state index contributed by atoms with van der Waals surface area (Å²) in [5.41, 5.74) is 2.58. The zero-order valence-corrected chi connectivity index (χ0v) is 13.8. The van der Waals surface area contributed by atoms with E-state index in [-0.39, 0.29) is 0 Å². The fourth-order valence-electron chi connectivity index (χ4n) is 1.89. The van der Waals surface area contributed by atoms with E-state index in [9.17, 15) is 0 Å². The molecule has 1 N–H and O–H groups in total. The zero-order valence-electron chi connectivity index (χ0n) is 11.4. The van der Waals surface area contributed by atoms with E-state index in [1.807, 2.05) is 7.05 Å². The lowest BCUT2D eigenvalue weighted by molar-refractivity contribution is 0.649. The molecule has 0 amide bonds. The minimum atomic E-state index is 0.354. The lowest BCUT2D eigenvalue weighted by atomic mass is 10.1. The van der Waals surface area contributed by atoms with Gasteiger partial charge in [0.25, 0.3) is 0 Å². The fraction of sp³-hybridized carbons (Fsp3) is 0.250. The van der Waals surface area contributed by atoms with Gasteiger partial charge < -0.3 is 5.32 Å². The van der Waals surface area contributed by atoms with Crippen molar-refractivity contribution in [3.05, 3.63) is 58.1 Å². The summed E-state index contributed by atoms with van der Waals surface area (Å²) in [5.74, 6) is 0. The Morgan fingerprint density at radius 3 is 2.47 bits per heavy atom. The maximum atomic E-state index is 3.66. The molecule has 0 bridgehead atoms. The predicted octanol–water partition coefficient (Wildman–Crippen LogP) is 5.19. The Bertz CT molecular complexity index is 568. The second-order valence-electron chi connectivity index (χ2n) is 4.61. The SMILES string of the molecule is CNC(C)c1ccc(Sc2cccc(C)c2)cc1Br. The van der Waals surface area contributed by atoms with Crippen LogP contribution in [-0.2, 0) is 0 Å². The van der Waals surface area contributed by atoms with Crippen molar-refractivity contribution in [3.8, 4) is 0 Å². The van der Waals surface area contributed by atoms with Gasteiger partial charge in [-0.15, -0.1) is 0 Å². The van der Waals surface area contributed by atoms with Gasteiger partial charge in [0, 0.05) is 20.3 Å². The summed E-state index contributed by atoms with van der Waals surface area (Å²) < 4.78 is 1.16. The van der Waals surface area contributed by atoms with Crippen LogP contribution < -0.4 is 5.32 Å². The summed E-state index contributed by atoms with van der Waals surface area (Å²) in [7, 11) is 1.98. The molecule has 0 heterocycles. The van der Waals surface area contributed by atoms with Gasteiger partial charge in [0.05, 0.1) is 0 Å². The second-order valence-corrected chi connectivity index (χ2v) is 6.61. The highest BCUT2D eigenvalue weighted by atomic mass is 79.9. The molecular formula is C16H18BrNS. The van der Waals surface area contributed by atoms with Gasteiger partial charge in [0.15, 0.2) is 0 Å². The quantitative estimate of drug-likeness (QED) is 0.825. The first kappa shape index (κ1) is 14.6. The number of rotatable bonds is 4. The monoisotopic (exact) mass is 335 g/mol. The molecule has 2 aromatic rings. The molecule has 0 fully saturated rings. The van der Waals surface area contributed by atoms with Crippen LogP contribution in [-0.4, -0.2) is 7.05 Å². The van der Waals surface area contributed by atoms with Gasteiger partial charge in [-0.05, 0) is 50.7 Å². The molecule has 0 spiro atoms. The molecule has 1 nitrogen and oxygen atoms in total. The average molecular weight is 336 g/mol. The first-order valence-corrected chi connectivity index (χ1v) is 7.92. The highest BCUT2D eigenvalue weighted by Gasteiger charge is 2.08. The molecule has 2 rings (SSSR count). The van der Waals surface area contributed by atoms with Crippen molar-refractivity contribution in [2.75, 3.05) is 7.05 Å². The highest BCUT2D eigenvalue weighted by molar-refractivity contribution is 9.10. The highest BCUT2D eigenvalue weighted by Crippen LogP contribution is 2.33. The molecule has 3 heteroatoms. The van der Waals surface area contributed by atoms with Crippen molar-refractivity contribution in [3.63, 3.8) is 0 Å². The maximum Gasteiger partial charge on any atom is 0.0300 e. The number of benzene rings is 2. The van der Waals surface area contributed by atoms with Crippen LogP contribution in [0.1, 0.15) is 24.1 Å². The first-order valence-electron chi connectivity index (χ1n) is 6.31. The molecule has 19 heavy (non-hydrogen) atoms. The number of halogens is 1. The van der Waals surface area contributed by atoms with Gasteiger partial charge in [-0.2, -0.15) is 0 Å². The molecule has 0 aliphatic heterocycles. The molecule has 1 atom stereocenters. The largest absolute Gasteiger partial charge is 0.313 e. The van der Waals surface area contributed by atoms with E-state index in [1.165, 1.54) is 20.9 Å². The molecule has 0 radical (unpaired) electrons. The van der Waals surface area contributed by atoms with Crippen LogP contribution in [0.3, 0.4) is 0 Å². The second kappa shape index (κ2) is 6.60. The summed E-state index contributed by atoms with van der Waals surface area (Å²) in [6.45, 7) is 4.28. The van der Waals surface area contributed by atoms with E-state index < -0.39 is 0 Å². The van der Waals surface area contributed by atoms with Gasteiger partial charge >= 0.3 is 0 Å². The van der Waals surface area contributed by atoms with Crippen LogP contribution in [0.4, 0.5) is 0 Å². The zero-order chi connectivity index (χ0) is 13.8. The minimum absolute atomic E-state index is 0.354. The third-order valence-corrected chi connectivity index (χ3v) is 4.76. The summed E-state index contributed by atoms with van der Waals surface area (Å²) >= 11 is 5.46. The van der Waals surface area contributed by atoms with Gasteiger partial charge in [0.1, 0.15) is 0 Å². The fourth-order valence-corrected chi connectivity index (χ4v) is 3.74. The molecule has 2 aromatic carbocycles. The molecule has 0 aromatic heterocycles. The molecule has 0 saturated heterocycles. The Morgan fingerprint density at radius 1 is 1.11 bits per heavy atom. The van der Waals surface area contributed by atoms with Gasteiger partial charge in [0.2, 0.25) is 0 Å². The van der Waals surface area contributed by atoms with Crippen LogP contribution in [0.5, 0.6) is 0 Å². The molecular weight excluding hydrogens is 318 g/mol. The Morgan fingerprint density at radius 2 is 1.84 bits per heavy atom. The Labute approximate surface area is 127 Å². The van der Waals surface area contributed by atoms with E-state index in [2.05, 4.69) is 77.6 Å². The van der Waals surface area contributed by atoms with Crippen LogP contribution in [0.2, 0.25) is 0 Å². The Kier molecular flexibility index (Phi) is 5.08. The van der Waals surface area contributed by atoms with Crippen LogP contribution in [0.25, 0.3) is 0 Å². The molecule has 0 saturated carbocycles. The molecule has 1 unspecified atom stereocenters. The van der Waals surface area contributed by atoms with Crippen molar-refractivity contribution >= 4 is 27.7 Å². The summed E-state index contributed by atoms with van der Waals surface area (Å²) in [4.78, 5) is 2.53. The number of aryl methyl sites for hydroxylation is 1. The third-order valence-electron chi connectivity index (χ3n) is 3.10. The van der Waals surface area contributed by atoms with E-state index >= 15 is 0 Å². The summed E-state index contributed by atoms with van der Waals surface area (Å²) in [6.07, 6.45) is 0. The topological polar surface area (TPSA) is 12.0 Å². The van der Waals surface area contributed by atoms with Gasteiger partial charge in [-0.1, -0.05) is 51.5 Å². The molecule has 100 valence electrons. The lowest BCUT2D eigenvalue weighted by Gasteiger charge is -2.13. The van der Waals surface area contributed by atoms with E-state index in [4.69, 9.17) is 0 Å². The van der Waals surface area contributed by atoms with Crippen molar-refractivity contribution in [1.29, 1.82) is 0 Å². The average Bonchev–Trinajstić information content (AvgIpc) is 2.38. The van der Waals surface area contributed by atoms with Gasteiger partial charge in [-0.25, -0.2) is 0 Å². The predicted molar refractivity (Wildman–Crippen MR) is 86.9 cm³/mol. The number of hydrogen-bond donors (Lipinski definition) is 1. The Balaban J connectivity index is 2.21. The van der Waals surface area contributed by atoms with Crippen molar-refractivity contribution in [2.24, 2.45) is 0 Å². The smallest absolute Gasteiger partial charge is 0.0300 e. The number of nitrogens with one attached hydrogen (secondary N) is 1. The molecule has 0 aliphatic rings. The Hall–Kier alpha value is -0.770. The van der Waals surface area contributed by atoms with Crippen LogP contribution in [0, 0.1) is 6.92 Å². The normalized spacial score (nSPS) is 12.4. The van der Waals surface area contributed by atoms with Gasteiger partial charge in [-0.3, -0.25) is 0 Å². The van der Waals surface area contributed by atoms with Crippen molar-refractivity contribution < 1.29 is 0 Å². The third kappa shape index (κ3) is 3.85. The lowest BCUT2D eigenvalue weighted by Crippen LogP contribution is -2.12. The minimum Gasteiger partial charge on any atom is -0.313 e. The van der Waals surface area contributed by atoms with E-state index in [0.717, 1.165) is 4.47 Å². The van der Waals surface area contributed by atoms with Crippen molar-refractivity contribution in [2.45, 2.75) is 29.7 Å². The number of hydrogen-bond acceptors (Lipinski definition) is 2. The van der Waals surface area contributed by atoms with E-state index in [0.29, 0.717) is 6.04 Å². The van der Waals surface area contributed by atoms with Crippen LogP contribution in [0.15, 0.2) is 56.7 Å². The van der Waals surface area contributed by atoms with Crippen molar-refractivity contribution in [1.82, 2.24) is 5.32 Å². The first-order chi connectivity index (χ1) is 9.10. The maximum absolute atomic E-state index is 3.66. The summed E-state index contributed by atoms with van der Waals surface area (Å²) in [6, 6.07) is 15.5. The molecule has 0 aliphatic carbocycles. The standard InChI is InChI=1S/C16H18BrNS/c1-11-5-4-6-13(9-11)19-14-7-8-15(12(2)18-3)16(17)10-14/h4-10,12,18H,1-3H3. The summed E-state index contributed by atoms with van der Waals surface area (Å²) in [5, 5.41) is 3.26. The van der Waals surface area contributed by atoms with E-state index in [1.54, 1.807) is 11.8 Å².